The van der Waals surface area contributed by atoms with E-state index in [-0.39, 0.29) is 27.1 Å². The third-order valence-electron chi connectivity index (χ3n) is 12.6. The van der Waals surface area contributed by atoms with E-state index in [1.807, 2.05) is 0 Å². The van der Waals surface area contributed by atoms with Gasteiger partial charge in [-0.25, -0.2) is 0 Å². The summed E-state index contributed by atoms with van der Waals surface area (Å²) in [7, 11) is 0. The van der Waals surface area contributed by atoms with Gasteiger partial charge in [0.25, 0.3) is 0 Å². The molecule has 4 saturated carbocycles. The molecular weight excluding hydrogens is 392 g/mol. The zero-order chi connectivity index (χ0) is 23.5. The minimum absolute atomic E-state index is 0.0375. The van der Waals surface area contributed by atoms with Crippen LogP contribution in [0.2, 0.25) is 0 Å². The molecule has 7 atom stereocenters. The summed E-state index contributed by atoms with van der Waals surface area (Å²) in [5.41, 5.74) is 1.86. The van der Waals surface area contributed by atoms with E-state index in [1.54, 1.807) is 5.57 Å². The van der Waals surface area contributed by atoms with Gasteiger partial charge in [0.15, 0.2) is 0 Å². The molecule has 0 radical (unpaired) electrons. The first-order valence-electron chi connectivity index (χ1n) is 13.4. The Morgan fingerprint density at radius 1 is 0.812 bits per heavy atom. The summed E-state index contributed by atoms with van der Waals surface area (Å²) in [5.74, 6) is 2.43. The number of ketones is 2. The van der Waals surface area contributed by atoms with Crippen molar-refractivity contribution < 1.29 is 9.59 Å². The Kier molecular flexibility index (Phi) is 4.57. The summed E-state index contributed by atoms with van der Waals surface area (Å²) >= 11 is 0. The lowest BCUT2D eigenvalue weighted by Gasteiger charge is -2.70. The largest absolute Gasteiger partial charge is 0.299 e. The predicted molar refractivity (Wildman–Crippen MR) is 130 cm³/mol. The molecule has 0 spiro atoms. The van der Waals surface area contributed by atoms with Gasteiger partial charge in [0.2, 0.25) is 0 Å². The van der Waals surface area contributed by atoms with E-state index in [4.69, 9.17) is 0 Å². The highest BCUT2D eigenvalue weighted by molar-refractivity contribution is 5.88. The highest BCUT2D eigenvalue weighted by Crippen LogP contribution is 2.74. The second kappa shape index (κ2) is 6.39. The third kappa shape index (κ3) is 2.59. The number of carbonyl (C=O) groups excluding carboxylic acids is 2. The molecule has 0 aromatic rings. The highest BCUT2D eigenvalue weighted by Gasteiger charge is 2.69. The summed E-state index contributed by atoms with van der Waals surface area (Å²) < 4.78 is 0. The number of fused-ring (bicyclic) bond motifs is 7. The smallest absolute Gasteiger partial charge is 0.140 e. The zero-order valence-corrected chi connectivity index (χ0v) is 22.0. The Labute approximate surface area is 196 Å². The Bertz CT molecular complexity index is 908. The second-order valence-corrected chi connectivity index (χ2v) is 14.9. The molecule has 5 rings (SSSR count). The van der Waals surface area contributed by atoms with E-state index in [2.05, 4.69) is 61.5 Å². The Hall–Kier alpha value is -0.920. The van der Waals surface area contributed by atoms with E-state index in [1.165, 1.54) is 6.42 Å². The van der Waals surface area contributed by atoms with Crippen molar-refractivity contribution in [3.63, 3.8) is 0 Å². The molecule has 0 aromatic heterocycles. The van der Waals surface area contributed by atoms with Crippen LogP contribution in [-0.4, -0.2) is 11.6 Å². The van der Waals surface area contributed by atoms with Gasteiger partial charge in [-0.1, -0.05) is 67.0 Å². The molecule has 0 heterocycles. The first-order valence-corrected chi connectivity index (χ1v) is 13.4. The van der Waals surface area contributed by atoms with E-state index in [0.29, 0.717) is 34.7 Å². The molecule has 0 N–H and O–H groups in total. The predicted octanol–water partition coefficient (Wildman–Crippen LogP) is 7.56. The van der Waals surface area contributed by atoms with Gasteiger partial charge in [-0.3, -0.25) is 9.59 Å². The molecule has 7 unspecified atom stereocenters. The number of hydrogen-bond acceptors (Lipinski definition) is 2. The van der Waals surface area contributed by atoms with Crippen LogP contribution >= 0.6 is 0 Å². The number of hydrogen-bond donors (Lipinski definition) is 0. The third-order valence-corrected chi connectivity index (χ3v) is 12.6. The van der Waals surface area contributed by atoms with Crippen LogP contribution < -0.4 is 0 Å². The zero-order valence-electron chi connectivity index (χ0n) is 22.0. The first kappa shape index (κ1) is 22.9. The number of allylic oxidation sites excluding steroid dienone is 2. The van der Waals surface area contributed by atoms with Crippen LogP contribution in [0.5, 0.6) is 0 Å². The lowest BCUT2D eigenvalue weighted by Crippen LogP contribution is -2.65. The average molecular weight is 439 g/mol. The standard InChI is InChI=1S/C30H46O2/c1-25(2)15-16-27(5)20(17-25)19-9-10-22-28(6)13-12-23(31)26(3,4)21(28)11-14-29(22,7)30(19,8)18-24(27)32/h9,20-22H,10-18H2,1-8H3. The lowest BCUT2D eigenvalue weighted by molar-refractivity contribution is -0.185. The molecule has 0 aliphatic heterocycles. The van der Waals surface area contributed by atoms with Crippen LogP contribution in [0, 0.1) is 50.2 Å². The minimum atomic E-state index is -0.215. The maximum Gasteiger partial charge on any atom is 0.140 e. The minimum Gasteiger partial charge on any atom is -0.299 e. The van der Waals surface area contributed by atoms with Crippen molar-refractivity contribution in [1.29, 1.82) is 0 Å². The molecule has 0 bridgehead atoms. The van der Waals surface area contributed by atoms with Gasteiger partial charge in [-0.05, 0) is 78.9 Å². The van der Waals surface area contributed by atoms with Crippen LogP contribution in [0.1, 0.15) is 113 Å². The van der Waals surface area contributed by atoms with E-state index in [0.717, 1.165) is 51.4 Å². The van der Waals surface area contributed by atoms with E-state index >= 15 is 0 Å². The number of carbonyl (C=O) groups is 2. The van der Waals surface area contributed by atoms with Crippen LogP contribution in [0.4, 0.5) is 0 Å². The molecule has 5 aliphatic rings. The molecule has 2 nitrogen and oxygen atoms in total. The van der Waals surface area contributed by atoms with E-state index < -0.39 is 0 Å². The van der Waals surface area contributed by atoms with Gasteiger partial charge in [0, 0.05) is 29.1 Å². The summed E-state index contributed by atoms with van der Waals surface area (Å²) in [6, 6.07) is 0. The van der Waals surface area contributed by atoms with Crippen molar-refractivity contribution >= 4 is 11.6 Å². The van der Waals surface area contributed by atoms with Crippen LogP contribution in [0.25, 0.3) is 0 Å². The molecule has 5 aliphatic carbocycles. The van der Waals surface area contributed by atoms with Crippen molar-refractivity contribution in [2.24, 2.45) is 50.2 Å². The van der Waals surface area contributed by atoms with Crippen LogP contribution in [0.15, 0.2) is 11.6 Å². The summed E-state index contributed by atoms with van der Waals surface area (Å²) in [6.45, 7) is 19.0. The summed E-state index contributed by atoms with van der Waals surface area (Å²) in [5, 5.41) is 0. The molecule has 2 heteroatoms. The molecule has 0 saturated heterocycles. The van der Waals surface area contributed by atoms with E-state index in [9.17, 15) is 9.59 Å². The second-order valence-electron chi connectivity index (χ2n) is 14.9. The van der Waals surface area contributed by atoms with Gasteiger partial charge in [0.05, 0.1) is 0 Å². The van der Waals surface area contributed by atoms with Crippen LogP contribution in [-0.2, 0) is 9.59 Å². The lowest BCUT2D eigenvalue weighted by atomic mass is 9.33. The topological polar surface area (TPSA) is 34.1 Å². The number of Topliss-reactive ketones (excluding diaryl/α,β-unsaturated/α-hetero) is 2. The van der Waals surface area contributed by atoms with Crippen molar-refractivity contribution in [3.05, 3.63) is 11.6 Å². The fraction of sp³-hybridized carbons (Fsp3) is 0.867. The van der Waals surface area contributed by atoms with Crippen molar-refractivity contribution in [2.45, 2.75) is 113 Å². The maximum absolute atomic E-state index is 13.9. The van der Waals surface area contributed by atoms with Gasteiger partial charge < -0.3 is 0 Å². The van der Waals surface area contributed by atoms with Gasteiger partial charge in [0.1, 0.15) is 11.6 Å². The fourth-order valence-corrected chi connectivity index (χ4v) is 10.1. The Morgan fingerprint density at radius 3 is 2.19 bits per heavy atom. The molecular formula is C30H46O2. The average Bonchev–Trinajstić information content (AvgIpc) is 2.68. The normalized spacial score (nSPS) is 51.6. The number of rotatable bonds is 0. The fourth-order valence-electron chi connectivity index (χ4n) is 10.1. The molecule has 32 heavy (non-hydrogen) atoms. The van der Waals surface area contributed by atoms with Gasteiger partial charge in [-0.15, -0.1) is 0 Å². The molecule has 178 valence electrons. The Morgan fingerprint density at radius 2 is 1.50 bits per heavy atom. The van der Waals surface area contributed by atoms with Crippen LogP contribution in [0.3, 0.4) is 0 Å². The first-order chi connectivity index (χ1) is 14.6. The summed E-state index contributed by atoms with van der Waals surface area (Å²) in [6.07, 6.45) is 11.9. The highest BCUT2D eigenvalue weighted by atomic mass is 16.1. The van der Waals surface area contributed by atoms with Crippen molar-refractivity contribution in [2.75, 3.05) is 0 Å². The monoisotopic (exact) mass is 438 g/mol. The SMILES string of the molecule is CC1(C)CCC2(C)C(=O)CC3(C)C(=CCC4C5(C)CCC(=O)C(C)(C)C5CCC43C)C2C1. The quantitative estimate of drug-likeness (QED) is 0.366. The molecule has 0 aromatic carbocycles. The summed E-state index contributed by atoms with van der Waals surface area (Å²) in [4.78, 5) is 26.8. The molecule has 4 fully saturated rings. The van der Waals surface area contributed by atoms with Gasteiger partial charge >= 0.3 is 0 Å². The molecule has 0 amide bonds. The van der Waals surface area contributed by atoms with Gasteiger partial charge in [-0.2, -0.15) is 0 Å². The van der Waals surface area contributed by atoms with Crippen molar-refractivity contribution in [3.8, 4) is 0 Å². The Balaban J connectivity index is 1.61. The van der Waals surface area contributed by atoms with Crippen molar-refractivity contribution in [1.82, 2.24) is 0 Å². The maximum atomic E-state index is 13.9.